The molecule has 2 aliphatic carbocycles. The van der Waals surface area contributed by atoms with Crippen molar-refractivity contribution in [2.45, 2.75) is 19.3 Å². The molecule has 0 spiro atoms. The maximum atomic E-state index is 11.4. The van der Waals surface area contributed by atoms with Crippen LogP contribution in [0.2, 0.25) is 0 Å². The topological polar surface area (TPSA) is 46.2 Å². The number of nitrogens with two attached hydrogens (primary N) is 1. The Kier molecular flexibility index (Phi) is 4.83. The van der Waals surface area contributed by atoms with Gasteiger partial charge in [0, 0.05) is 5.56 Å². The molecule has 0 bridgehead atoms. The van der Waals surface area contributed by atoms with E-state index in [1.807, 2.05) is 6.07 Å². The molecule has 0 saturated carbocycles. The molecular weight excluding hydrogens is 438 g/mol. The van der Waals surface area contributed by atoms with Crippen molar-refractivity contribution in [3.63, 3.8) is 0 Å². The van der Waals surface area contributed by atoms with Crippen molar-refractivity contribution in [1.29, 1.82) is 0 Å². The van der Waals surface area contributed by atoms with Crippen molar-refractivity contribution in [3.8, 4) is 50.3 Å². The van der Waals surface area contributed by atoms with Gasteiger partial charge in [-0.25, -0.2) is 0 Å². The molecule has 0 fully saturated rings. The first-order chi connectivity index (χ1) is 17.7. The van der Waals surface area contributed by atoms with Crippen LogP contribution in [-0.4, -0.2) is 11.7 Å². The van der Waals surface area contributed by atoms with E-state index < -0.39 is 0 Å². The first kappa shape index (κ1) is 21.2. The fourth-order valence-corrected chi connectivity index (χ4v) is 6.36. The van der Waals surface area contributed by atoms with Crippen molar-refractivity contribution in [2.24, 2.45) is 5.73 Å². The summed E-state index contributed by atoms with van der Waals surface area (Å²) in [5, 5.41) is 11.4. The van der Waals surface area contributed by atoms with Crippen LogP contribution in [-0.2, 0) is 19.3 Å². The summed E-state index contributed by atoms with van der Waals surface area (Å²) < 4.78 is 0. The van der Waals surface area contributed by atoms with Gasteiger partial charge in [0.2, 0.25) is 0 Å². The van der Waals surface area contributed by atoms with E-state index in [4.69, 9.17) is 5.73 Å². The first-order valence-corrected chi connectivity index (χ1v) is 12.7. The molecule has 3 N–H and O–H groups in total. The van der Waals surface area contributed by atoms with Crippen LogP contribution in [0.5, 0.6) is 5.75 Å². The molecule has 0 atom stereocenters. The van der Waals surface area contributed by atoms with Crippen LogP contribution in [0.15, 0.2) is 97.1 Å². The summed E-state index contributed by atoms with van der Waals surface area (Å²) in [5.41, 5.74) is 22.1. The van der Waals surface area contributed by atoms with Gasteiger partial charge in [0.1, 0.15) is 5.75 Å². The van der Waals surface area contributed by atoms with Crippen molar-refractivity contribution >= 4 is 0 Å². The molecule has 2 aliphatic rings. The smallest absolute Gasteiger partial charge is 0.124 e. The number of rotatable bonds is 4. The molecule has 5 aromatic rings. The Balaban J connectivity index is 1.51. The Morgan fingerprint density at radius 3 is 1.61 bits per heavy atom. The molecule has 0 aromatic heterocycles. The number of fused-ring (bicyclic) bond motifs is 6. The second-order valence-corrected chi connectivity index (χ2v) is 9.86. The molecule has 0 saturated heterocycles. The third-order valence-corrected chi connectivity index (χ3v) is 7.92. The van der Waals surface area contributed by atoms with E-state index in [-0.39, 0.29) is 0 Å². The minimum absolute atomic E-state index is 0.322. The van der Waals surface area contributed by atoms with Gasteiger partial charge >= 0.3 is 0 Å². The normalized spacial score (nSPS) is 12.7. The lowest BCUT2D eigenvalue weighted by atomic mass is 9.83. The molecule has 174 valence electrons. The summed E-state index contributed by atoms with van der Waals surface area (Å²) >= 11 is 0. The zero-order chi connectivity index (χ0) is 24.2. The maximum absolute atomic E-state index is 11.4. The van der Waals surface area contributed by atoms with E-state index in [2.05, 4.69) is 91.0 Å². The highest BCUT2D eigenvalue weighted by molar-refractivity contribution is 5.97. The Hall–Kier alpha value is -4.14. The van der Waals surface area contributed by atoms with Gasteiger partial charge in [-0.1, -0.05) is 91.0 Å². The molecule has 5 aromatic carbocycles. The van der Waals surface area contributed by atoms with Crippen LogP contribution in [0, 0.1) is 0 Å². The predicted octanol–water partition coefficient (Wildman–Crippen LogP) is 7.37. The summed E-state index contributed by atoms with van der Waals surface area (Å²) in [6, 6.07) is 34.3. The zero-order valence-electron chi connectivity index (χ0n) is 20.1. The van der Waals surface area contributed by atoms with E-state index in [9.17, 15) is 5.11 Å². The number of hydrogen-bond acceptors (Lipinski definition) is 2. The standard InChI is InChI=1S/C34H27NO/c35-18-17-21-15-16-32(36)34(29-14-6-12-27-25-10-4-2-8-23(25)20-31(27)29)33(21)28-13-5-11-26-24-9-3-1-7-22(24)19-30(26)28/h1-16,36H,17-20,35H2. The largest absolute Gasteiger partial charge is 0.507 e. The minimum Gasteiger partial charge on any atom is -0.507 e. The average molecular weight is 466 g/mol. The fraction of sp³-hybridized carbons (Fsp3) is 0.118. The summed E-state index contributed by atoms with van der Waals surface area (Å²) in [4.78, 5) is 0. The summed E-state index contributed by atoms with van der Waals surface area (Å²) in [6.45, 7) is 0.560. The lowest BCUT2D eigenvalue weighted by Crippen LogP contribution is -2.06. The number of phenols is 1. The maximum Gasteiger partial charge on any atom is 0.124 e. The van der Waals surface area contributed by atoms with Gasteiger partial charge in [0.05, 0.1) is 0 Å². The van der Waals surface area contributed by atoms with Crippen LogP contribution >= 0.6 is 0 Å². The Morgan fingerprint density at radius 1 is 0.528 bits per heavy atom. The average Bonchev–Trinajstić information content (AvgIpc) is 3.48. The van der Waals surface area contributed by atoms with Crippen LogP contribution in [0.4, 0.5) is 0 Å². The first-order valence-electron chi connectivity index (χ1n) is 12.7. The van der Waals surface area contributed by atoms with Gasteiger partial charge in [0.25, 0.3) is 0 Å². The van der Waals surface area contributed by atoms with E-state index in [1.54, 1.807) is 0 Å². The number of aromatic hydroxyl groups is 1. The Morgan fingerprint density at radius 2 is 1.03 bits per heavy atom. The SMILES string of the molecule is NCCc1ccc(O)c(-c2cccc3c2Cc2ccccc2-3)c1-c1cccc2c1Cc1ccccc1-2. The second-order valence-electron chi connectivity index (χ2n) is 9.86. The van der Waals surface area contributed by atoms with Crippen molar-refractivity contribution in [2.75, 3.05) is 6.54 Å². The van der Waals surface area contributed by atoms with Crippen LogP contribution in [0.3, 0.4) is 0 Å². The molecule has 0 heterocycles. The monoisotopic (exact) mass is 465 g/mol. The summed E-state index contributed by atoms with van der Waals surface area (Å²) in [7, 11) is 0. The number of hydrogen-bond donors (Lipinski definition) is 2. The number of benzene rings is 5. The molecule has 0 aliphatic heterocycles. The third kappa shape index (κ3) is 3.08. The van der Waals surface area contributed by atoms with Gasteiger partial charge in [-0.05, 0) is 98.6 Å². The van der Waals surface area contributed by atoms with E-state index in [1.165, 1.54) is 55.6 Å². The lowest BCUT2D eigenvalue weighted by molar-refractivity contribution is 0.477. The van der Waals surface area contributed by atoms with Gasteiger partial charge in [-0.2, -0.15) is 0 Å². The fourth-order valence-electron chi connectivity index (χ4n) is 6.36. The third-order valence-electron chi connectivity index (χ3n) is 7.92. The van der Waals surface area contributed by atoms with E-state index in [0.717, 1.165) is 36.0 Å². The molecule has 2 heteroatoms. The molecule has 36 heavy (non-hydrogen) atoms. The Labute approximate surface area is 211 Å². The zero-order valence-corrected chi connectivity index (χ0v) is 20.1. The highest BCUT2D eigenvalue weighted by atomic mass is 16.3. The van der Waals surface area contributed by atoms with Gasteiger partial charge in [0.15, 0.2) is 0 Å². The van der Waals surface area contributed by atoms with Gasteiger partial charge in [-0.3, -0.25) is 0 Å². The van der Waals surface area contributed by atoms with Crippen LogP contribution in [0.25, 0.3) is 44.5 Å². The summed E-state index contributed by atoms with van der Waals surface area (Å²) in [6.07, 6.45) is 2.53. The Bertz CT molecular complexity index is 1660. The van der Waals surface area contributed by atoms with Crippen LogP contribution < -0.4 is 5.73 Å². The number of phenolic OH excluding ortho intramolecular Hbond substituents is 1. The highest BCUT2D eigenvalue weighted by Gasteiger charge is 2.28. The predicted molar refractivity (Wildman–Crippen MR) is 148 cm³/mol. The van der Waals surface area contributed by atoms with Gasteiger partial charge < -0.3 is 10.8 Å². The molecular formula is C34H27NO. The lowest BCUT2D eigenvalue weighted by Gasteiger charge is -2.21. The molecule has 2 nitrogen and oxygen atoms in total. The van der Waals surface area contributed by atoms with Crippen molar-refractivity contribution < 1.29 is 5.11 Å². The summed E-state index contributed by atoms with van der Waals surface area (Å²) in [5.74, 6) is 0.322. The van der Waals surface area contributed by atoms with E-state index in [0.29, 0.717) is 12.3 Å². The molecule has 0 unspecified atom stereocenters. The van der Waals surface area contributed by atoms with Crippen molar-refractivity contribution in [1.82, 2.24) is 0 Å². The molecule has 0 radical (unpaired) electrons. The molecule has 0 amide bonds. The van der Waals surface area contributed by atoms with Crippen LogP contribution in [0.1, 0.15) is 27.8 Å². The van der Waals surface area contributed by atoms with E-state index >= 15 is 0 Å². The molecule has 7 rings (SSSR count). The minimum atomic E-state index is 0.322. The van der Waals surface area contributed by atoms with Gasteiger partial charge in [-0.15, -0.1) is 0 Å². The second kappa shape index (κ2) is 8.22. The highest BCUT2D eigenvalue weighted by Crippen LogP contribution is 2.50. The quantitative estimate of drug-likeness (QED) is 0.285. The van der Waals surface area contributed by atoms with Crippen molar-refractivity contribution in [3.05, 3.63) is 125 Å².